The van der Waals surface area contributed by atoms with Gasteiger partial charge in [0.2, 0.25) is 11.8 Å². The van der Waals surface area contributed by atoms with Crippen LogP contribution in [0, 0.1) is 11.8 Å². The van der Waals surface area contributed by atoms with Gasteiger partial charge in [0, 0.05) is 0 Å². The van der Waals surface area contributed by atoms with Gasteiger partial charge in [0.25, 0.3) is 5.91 Å². The second-order valence-corrected chi connectivity index (χ2v) is 6.91. The van der Waals surface area contributed by atoms with E-state index in [1.165, 1.54) is 11.2 Å². The first-order valence-corrected chi connectivity index (χ1v) is 8.72. The molecule has 136 valence electrons. The van der Waals surface area contributed by atoms with Crippen LogP contribution in [-0.4, -0.2) is 36.0 Å². The fourth-order valence-electron chi connectivity index (χ4n) is 4.25. The van der Waals surface area contributed by atoms with E-state index < -0.39 is 29.4 Å². The van der Waals surface area contributed by atoms with E-state index in [4.69, 9.17) is 9.15 Å². The topological polar surface area (TPSA) is 88.9 Å². The highest BCUT2D eigenvalue weighted by molar-refractivity contribution is 6.23. The molecule has 7 heteroatoms. The van der Waals surface area contributed by atoms with Crippen LogP contribution >= 0.6 is 0 Å². The highest BCUT2D eigenvalue weighted by atomic mass is 16.5. The Morgan fingerprint density at radius 3 is 2.67 bits per heavy atom. The van der Waals surface area contributed by atoms with Gasteiger partial charge in [-0.2, -0.15) is 0 Å². The number of nitrogens with zero attached hydrogens (tertiary/aromatic N) is 1. The van der Waals surface area contributed by atoms with E-state index in [2.05, 4.69) is 5.32 Å². The number of rotatable bonds is 4. The molecule has 0 aliphatic carbocycles. The van der Waals surface area contributed by atoms with Gasteiger partial charge in [-0.1, -0.05) is 30.4 Å². The predicted octanol–water partition coefficient (Wildman–Crippen LogP) is 1.52. The number of anilines is 1. The zero-order chi connectivity index (χ0) is 18.6. The number of para-hydroxylation sites is 1. The largest absolute Gasteiger partial charge is 0.459 e. The van der Waals surface area contributed by atoms with Crippen LogP contribution < -0.4 is 10.2 Å². The zero-order valence-corrected chi connectivity index (χ0v) is 14.2. The molecule has 27 heavy (non-hydrogen) atoms. The van der Waals surface area contributed by atoms with E-state index in [-0.39, 0.29) is 24.1 Å². The molecule has 2 fully saturated rings. The van der Waals surface area contributed by atoms with Crippen molar-refractivity contribution in [3.63, 3.8) is 0 Å². The highest BCUT2D eigenvalue weighted by Crippen LogP contribution is 2.52. The maximum absolute atomic E-state index is 13.1. The first-order chi connectivity index (χ1) is 13.1. The van der Waals surface area contributed by atoms with Crippen LogP contribution in [0.1, 0.15) is 10.6 Å². The minimum Gasteiger partial charge on any atom is -0.459 e. The van der Waals surface area contributed by atoms with Crippen molar-refractivity contribution in [1.82, 2.24) is 5.32 Å². The lowest BCUT2D eigenvalue weighted by Gasteiger charge is -2.28. The third-order valence-electron chi connectivity index (χ3n) is 5.44. The quantitative estimate of drug-likeness (QED) is 0.656. The molecule has 0 unspecified atom stereocenters. The molecule has 1 aromatic carbocycles. The number of carbonyl (C=O) groups is 3. The van der Waals surface area contributed by atoms with Crippen LogP contribution in [0.5, 0.6) is 0 Å². The standard InChI is InChI=1S/C20H16N2O5/c23-17(14-7-4-10-26-14)21-11-20-9-8-13(27-20)15-16(20)19(25)22(18(15)24)12-5-2-1-3-6-12/h1-10,13,15-16H,11H2,(H,21,23)/t13-,15+,16-,20-/m1/s1. The number of benzene rings is 1. The van der Waals surface area contributed by atoms with Crippen LogP contribution in [0.2, 0.25) is 0 Å². The molecule has 0 saturated carbocycles. The van der Waals surface area contributed by atoms with Crippen molar-refractivity contribution in [3.8, 4) is 0 Å². The Hall–Kier alpha value is -3.19. The monoisotopic (exact) mass is 364 g/mol. The fourth-order valence-corrected chi connectivity index (χ4v) is 4.25. The van der Waals surface area contributed by atoms with Crippen molar-refractivity contribution in [2.75, 3.05) is 11.4 Å². The van der Waals surface area contributed by atoms with Crippen molar-refractivity contribution in [2.24, 2.45) is 11.8 Å². The summed E-state index contributed by atoms with van der Waals surface area (Å²) < 4.78 is 11.1. The Morgan fingerprint density at radius 2 is 1.93 bits per heavy atom. The number of ether oxygens (including phenoxy) is 1. The van der Waals surface area contributed by atoms with Crippen molar-refractivity contribution in [3.05, 3.63) is 66.6 Å². The third kappa shape index (κ3) is 2.21. The number of imide groups is 1. The molecule has 3 amide bonds. The third-order valence-corrected chi connectivity index (χ3v) is 5.44. The average molecular weight is 364 g/mol. The number of fused-ring (bicyclic) bond motifs is 5. The van der Waals surface area contributed by atoms with Gasteiger partial charge in [0.15, 0.2) is 5.76 Å². The van der Waals surface area contributed by atoms with Crippen LogP contribution in [-0.2, 0) is 14.3 Å². The molecule has 3 aliphatic heterocycles. The minimum atomic E-state index is -1.02. The van der Waals surface area contributed by atoms with Crippen LogP contribution in [0.3, 0.4) is 0 Å². The van der Waals surface area contributed by atoms with Crippen molar-refractivity contribution in [1.29, 1.82) is 0 Å². The summed E-state index contributed by atoms with van der Waals surface area (Å²) in [7, 11) is 0. The summed E-state index contributed by atoms with van der Waals surface area (Å²) in [4.78, 5) is 39.5. The number of amides is 3. The second-order valence-electron chi connectivity index (χ2n) is 6.91. The number of furan rings is 1. The molecule has 0 spiro atoms. The molecule has 2 aromatic rings. The van der Waals surface area contributed by atoms with E-state index in [9.17, 15) is 14.4 Å². The number of hydrogen-bond acceptors (Lipinski definition) is 5. The summed E-state index contributed by atoms with van der Waals surface area (Å²) in [5.74, 6) is -1.99. The Kier molecular flexibility index (Phi) is 3.35. The van der Waals surface area contributed by atoms with Gasteiger partial charge in [-0.25, -0.2) is 4.90 Å². The smallest absolute Gasteiger partial charge is 0.287 e. The molecular formula is C20H16N2O5. The molecule has 0 radical (unpaired) electrons. The van der Waals surface area contributed by atoms with E-state index in [1.807, 2.05) is 6.07 Å². The van der Waals surface area contributed by atoms with E-state index >= 15 is 0 Å². The normalized spacial score (nSPS) is 30.8. The predicted molar refractivity (Wildman–Crippen MR) is 93.7 cm³/mol. The average Bonchev–Trinajstić information content (AvgIpc) is 3.44. The number of hydrogen-bond donors (Lipinski definition) is 1. The van der Waals surface area contributed by atoms with Gasteiger partial charge in [-0.3, -0.25) is 14.4 Å². The maximum Gasteiger partial charge on any atom is 0.287 e. The first kappa shape index (κ1) is 16.0. The van der Waals surface area contributed by atoms with Gasteiger partial charge in [0.1, 0.15) is 5.60 Å². The minimum absolute atomic E-state index is 0.0857. The molecule has 3 aliphatic rings. The van der Waals surface area contributed by atoms with E-state index in [0.717, 1.165) is 0 Å². The van der Waals surface area contributed by atoms with Crippen LogP contribution in [0.25, 0.3) is 0 Å². The molecule has 2 saturated heterocycles. The lowest BCUT2D eigenvalue weighted by atomic mass is 9.77. The van der Waals surface area contributed by atoms with Gasteiger partial charge in [-0.15, -0.1) is 0 Å². The lowest BCUT2D eigenvalue weighted by molar-refractivity contribution is -0.126. The van der Waals surface area contributed by atoms with Gasteiger partial charge in [-0.05, 0) is 24.3 Å². The second kappa shape index (κ2) is 5.65. The Labute approximate surface area is 154 Å². The molecule has 1 N–H and O–H groups in total. The van der Waals surface area contributed by atoms with Crippen molar-refractivity contribution in [2.45, 2.75) is 11.7 Å². The molecule has 7 nitrogen and oxygen atoms in total. The van der Waals surface area contributed by atoms with Gasteiger partial charge < -0.3 is 14.5 Å². The van der Waals surface area contributed by atoms with Crippen molar-refractivity contribution < 1.29 is 23.5 Å². The SMILES string of the molecule is O=C(NC[C@@]12C=C[C@@H](O1)[C@@H]1C(=O)N(c3ccccc3)C(=O)[C@@H]12)c1ccco1. The molecule has 2 bridgehead atoms. The molecule has 5 rings (SSSR count). The summed E-state index contributed by atoms with van der Waals surface area (Å²) >= 11 is 0. The van der Waals surface area contributed by atoms with Crippen LogP contribution in [0.4, 0.5) is 5.69 Å². The van der Waals surface area contributed by atoms with Crippen LogP contribution in [0.15, 0.2) is 65.3 Å². The summed E-state index contributed by atoms with van der Waals surface area (Å²) in [6.45, 7) is 0.0857. The number of carbonyl (C=O) groups excluding carboxylic acids is 3. The summed E-state index contributed by atoms with van der Waals surface area (Å²) in [5.41, 5.74) is -0.468. The van der Waals surface area contributed by atoms with Gasteiger partial charge >= 0.3 is 0 Å². The zero-order valence-electron chi connectivity index (χ0n) is 14.2. The summed E-state index contributed by atoms with van der Waals surface area (Å²) in [6, 6.07) is 12.0. The molecule has 4 heterocycles. The lowest BCUT2D eigenvalue weighted by Crippen LogP contribution is -2.48. The number of nitrogens with one attached hydrogen (secondary N) is 1. The first-order valence-electron chi connectivity index (χ1n) is 8.72. The highest BCUT2D eigenvalue weighted by Gasteiger charge is 2.67. The Bertz CT molecular complexity index is 952. The molecule has 4 atom stereocenters. The Morgan fingerprint density at radius 1 is 1.11 bits per heavy atom. The Balaban J connectivity index is 1.42. The van der Waals surface area contributed by atoms with Gasteiger partial charge in [0.05, 0.1) is 36.4 Å². The summed E-state index contributed by atoms with van der Waals surface area (Å²) in [6.07, 6.45) is 4.55. The van der Waals surface area contributed by atoms with Crippen molar-refractivity contribution >= 4 is 23.4 Å². The summed E-state index contributed by atoms with van der Waals surface area (Å²) in [5, 5.41) is 2.76. The van der Waals surface area contributed by atoms with E-state index in [0.29, 0.717) is 5.69 Å². The van der Waals surface area contributed by atoms with E-state index in [1.54, 1.807) is 48.6 Å². The fraction of sp³-hybridized carbons (Fsp3) is 0.250. The molecular weight excluding hydrogens is 348 g/mol. The molecule has 1 aromatic heterocycles. The maximum atomic E-state index is 13.1.